The van der Waals surface area contributed by atoms with E-state index in [4.69, 9.17) is 4.74 Å². The Morgan fingerprint density at radius 3 is 1.91 bits per heavy atom. The molecule has 0 bridgehead atoms. The van der Waals surface area contributed by atoms with E-state index in [1.807, 2.05) is 31.2 Å². The van der Waals surface area contributed by atoms with Crippen LogP contribution in [0.3, 0.4) is 0 Å². The Balaban J connectivity index is 1.72. The number of hydrogen-bond donors (Lipinski definition) is 2. The van der Waals surface area contributed by atoms with E-state index in [0.717, 1.165) is 16.7 Å². The number of nitrogens with one attached hydrogen (secondary N) is 2. The van der Waals surface area contributed by atoms with Gasteiger partial charge in [0.2, 0.25) is 0 Å². The highest BCUT2D eigenvalue weighted by atomic mass is 19.1. The van der Waals surface area contributed by atoms with Crippen molar-refractivity contribution in [3.8, 4) is 0 Å². The Morgan fingerprint density at radius 1 is 0.913 bits per heavy atom. The van der Waals surface area contributed by atoms with Crippen molar-refractivity contribution >= 4 is 6.03 Å². The monoisotopic (exact) mass is 316 g/mol. The van der Waals surface area contributed by atoms with Gasteiger partial charge >= 0.3 is 6.03 Å². The lowest BCUT2D eigenvalue weighted by atomic mass is 10.1. The van der Waals surface area contributed by atoms with E-state index in [1.54, 1.807) is 12.1 Å². The average Bonchev–Trinajstić information content (AvgIpc) is 2.58. The first kappa shape index (κ1) is 17.0. The van der Waals surface area contributed by atoms with Crippen LogP contribution in [0.15, 0.2) is 48.5 Å². The molecule has 2 N–H and O–H groups in total. The molecule has 0 aliphatic carbocycles. The van der Waals surface area contributed by atoms with Gasteiger partial charge in [-0.05, 0) is 35.7 Å². The van der Waals surface area contributed by atoms with Gasteiger partial charge in [0.25, 0.3) is 0 Å². The lowest BCUT2D eigenvalue weighted by Gasteiger charge is -2.08. The largest absolute Gasteiger partial charge is 0.377 e. The maximum atomic E-state index is 12.8. The smallest absolute Gasteiger partial charge is 0.315 e. The maximum absolute atomic E-state index is 12.8. The first-order valence-corrected chi connectivity index (χ1v) is 7.59. The molecule has 2 amide bonds. The molecule has 2 rings (SSSR count). The fraction of sp³-hybridized carbons (Fsp3) is 0.278. The number of amides is 2. The van der Waals surface area contributed by atoms with Gasteiger partial charge in [0, 0.05) is 19.7 Å². The van der Waals surface area contributed by atoms with Gasteiger partial charge in [-0.3, -0.25) is 0 Å². The van der Waals surface area contributed by atoms with Gasteiger partial charge in [-0.25, -0.2) is 9.18 Å². The molecule has 0 radical (unpaired) electrons. The van der Waals surface area contributed by atoms with Crippen LogP contribution >= 0.6 is 0 Å². The third-order valence-electron chi connectivity index (χ3n) is 3.32. The molecule has 2 aromatic rings. The molecule has 0 fully saturated rings. The SMILES string of the molecule is CCOCc1ccc(CNC(=O)NCc2ccc(F)cc2)cc1. The molecule has 0 aliphatic heterocycles. The van der Waals surface area contributed by atoms with Gasteiger partial charge in [-0.15, -0.1) is 0 Å². The fourth-order valence-electron chi connectivity index (χ4n) is 2.00. The highest BCUT2D eigenvalue weighted by Gasteiger charge is 2.01. The van der Waals surface area contributed by atoms with Crippen LogP contribution in [0.2, 0.25) is 0 Å². The Labute approximate surface area is 135 Å². The Bertz CT molecular complexity index is 612. The van der Waals surface area contributed by atoms with Crippen LogP contribution in [0.25, 0.3) is 0 Å². The van der Waals surface area contributed by atoms with E-state index in [1.165, 1.54) is 12.1 Å². The zero-order valence-electron chi connectivity index (χ0n) is 13.1. The van der Waals surface area contributed by atoms with Gasteiger partial charge in [-0.1, -0.05) is 36.4 Å². The van der Waals surface area contributed by atoms with E-state index in [9.17, 15) is 9.18 Å². The van der Waals surface area contributed by atoms with Crippen molar-refractivity contribution in [2.45, 2.75) is 26.6 Å². The second-order valence-electron chi connectivity index (χ2n) is 5.12. The molecule has 0 atom stereocenters. The van der Waals surface area contributed by atoms with Gasteiger partial charge in [0.15, 0.2) is 0 Å². The first-order chi connectivity index (χ1) is 11.2. The molecule has 0 saturated carbocycles. The van der Waals surface area contributed by atoms with E-state index in [-0.39, 0.29) is 11.8 Å². The molecule has 5 heteroatoms. The molecular formula is C18H21FN2O2. The summed E-state index contributed by atoms with van der Waals surface area (Å²) in [6, 6.07) is 13.7. The Hall–Kier alpha value is -2.40. The quantitative estimate of drug-likeness (QED) is 0.823. The van der Waals surface area contributed by atoms with Crippen molar-refractivity contribution < 1.29 is 13.9 Å². The van der Waals surface area contributed by atoms with Gasteiger partial charge < -0.3 is 15.4 Å². The van der Waals surface area contributed by atoms with Crippen molar-refractivity contribution in [3.05, 3.63) is 71.0 Å². The van der Waals surface area contributed by atoms with Crippen molar-refractivity contribution in [1.82, 2.24) is 10.6 Å². The highest BCUT2D eigenvalue weighted by molar-refractivity contribution is 5.73. The van der Waals surface area contributed by atoms with Crippen LogP contribution in [0.1, 0.15) is 23.6 Å². The summed E-state index contributed by atoms with van der Waals surface area (Å²) in [5.74, 6) is -0.286. The molecule has 0 aromatic heterocycles. The standard InChI is InChI=1S/C18H21FN2O2/c1-2-23-13-16-5-3-14(4-6-16)11-20-18(22)21-12-15-7-9-17(19)10-8-15/h3-10H,2,11-13H2,1H3,(H2,20,21,22). The number of rotatable bonds is 7. The zero-order valence-corrected chi connectivity index (χ0v) is 13.1. The van der Waals surface area contributed by atoms with E-state index in [0.29, 0.717) is 26.3 Å². The third-order valence-corrected chi connectivity index (χ3v) is 3.32. The summed E-state index contributed by atoms with van der Waals surface area (Å²) in [5, 5.41) is 5.52. The minimum absolute atomic E-state index is 0.257. The van der Waals surface area contributed by atoms with Crippen molar-refractivity contribution in [1.29, 1.82) is 0 Å². The number of ether oxygens (including phenoxy) is 1. The van der Waals surface area contributed by atoms with Crippen LogP contribution in [0.5, 0.6) is 0 Å². The number of carbonyl (C=O) groups is 1. The lowest BCUT2D eigenvalue weighted by molar-refractivity contribution is 0.134. The molecule has 0 unspecified atom stereocenters. The predicted molar refractivity (Wildman–Crippen MR) is 87.2 cm³/mol. The predicted octanol–water partition coefficient (Wildman–Crippen LogP) is 3.36. The summed E-state index contributed by atoms with van der Waals surface area (Å²) in [4.78, 5) is 11.7. The summed E-state index contributed by atoms with van der Waals surface area (Å²) >= 11 is 0. The molecule has 4 nitrogen and oxygen atoms in total. The zero-order chi connectivity index (χ0) is 16.5. The molecule has 0 heterocycles. The van der Waals surface area contributed by atoms with Crippen molar-refractivity contribution in [2.24, 2.45) is 0 Å². The summed E-state index contributed by atoms with van der Waals surface area (Å²) < 4.78 is 18.1. The average molecular weight is 316 g/mol. The van der Waals surface area contributed by atoms with Crippen LogP contribution < -0.4 is 10.6 Å². The van der Waals surface area contributed by atoms with Gasteiger partial charge in [0.1, 0.15) is 5.82 Å². The number of carbonyl (C=O) groups excluding carboxylic acids is 1. The summed E-state index contributed by atoms with van der Waals surface area (Å²) in [7, 11) is 0. The maximum Gasteiger partial charge on any atom is 0.315 e. The summed E-state index contributed by atoms with van der Waals surface area (Å²) in [5.41, 5.74) is 2.97. The Kier molecular flexibility index (Phi) is 6.56. The fourth-order valence-corrected chi connectivity index (χ4v) is 2.00. The number of halogens is 1. The first-order valence-electron chi connectivity index (χ1n) is 7.59. The number of benzene rings is 2. The van der Waals surface area contributed by atoms with Crippen molar-refractivity contribution in [2.75, 3.05) is 6.61 Å². The van der Waals surface area contributed by atoms with E-state index < -0.39 is 0 Å². The minimum Gasteiger partial charge on any atom is -0.377 e. The Morgan fingerprint density at radius 2 is 1.39 bits per heavy atom. The van der Waals surface area contributed by atoms with Crippen LogP contribution in [0.4, 0.5) is 9.18 Å². The van der Waals surface area contributed by atoms with Gasteiger partial charge in [0.05, 0.1) is 6.61 Å². The van der Waals surface area contributed by atoms with E-state index >= 15 is 0 Å². The van der Waals surface area contributed by atoms with Crippen molar-refractivity contribution in [3.63, 3.8) is 0 Å². The van der Waals surface area contributed by atoms with E-state index in [2.05, 4.69) is 10.6 Å². The molecule has 2 aromatic carbocycles. The molecule has 0 spiro atoms. The minimum atomic E-state index is -0.286. The molecule has 23 heavy (non-hydrogen) atoms. The van der Waals surface area contributed by atoms with Crippen LogP contribution in [0, 0.1) is 5.82 Å². The normalized spacial score (nSPS) is 10.3. The highest BCUT2D eigenvalue weighted by Crippen LogP contribution is 2.06. The second kappa shape index (κ2) is 8.90. The summed E-state index contributed by atoms with van der Waals surface area (Å²) in [6.07, 6.45) is 0. The molecular weight excluding hydrogens is 295 g/mol. The van der Waals surface area contributed by atoms with Crippen LogP contribution in [-0.4, -0.2) is 12.6 Å². The lowest BCUT2D eigenvalue weighted by Crippen LogP contribution is -2.34. The van der Waals surface area contributed by atoms with Crippen LogP contribution in [-0.2, 0) is 24.4 Å². The molecule has 0 aliphatic rings. The van der Waals surface area contributed by atoms with Gasteiger partial charge in [-0.2, -0.15) is 0 Å². The topological polar surface area (TPSA) is 50.4 Å². The summed E-state index contributed by atoms with van der Waals surface area (Å²) in [6.45, 7) is 4.06. The number of urea groups is 1. The second-order valence-corrected chi connectivity index (χ2v) is 5.12. The number of hydrogen-bond acceptors (Lipinski definition) is 2. The molecule has 0 saturated heterocycles. The third kappa shape index (κ3) is 6.08. The molecule has 122 valence electrons.